The van der Waals surface area contributed by atoms with Crippen molar-refractivity contribution in [2.45, 2.75) is 0 Å². The van der Waals surface area contributed by atoms with E-state index in [9.17, 15) is 0 Å². The standard InChI is InChI=1S/C30H20N6/c1-5-13-32-23(9-1)21-19-22(27-20-31-17-18-36-27)29(25-11-3-7-15-34-25)30(26-12-4-8-16-35-26)28(21)24-10-2-6-14-33-24/h1-20H. The minimum Gasteiger partial charge on any atom is -0.261 e. The molecule has 36 heavy (non-hydrogen) atoms. The number of nitrogens with zero attached hydrogens (tertiary/aromatic N) is 6. The molecule has 5 heterocycles. The molecule has 0 saturated carbocycles. The Kier molecular flexibility index (Phi) is 5.74. The number of rotatable bonds is 5. The summed E-state index contributed by atoms with van der Waals surface area (Å²) in [6.07, 6.45) is 12.3. The van der Waals surface area contributed by atoms with Gasteiger partial charge < -0.3 is 0 Å². The van der Waals surface area contributed by atoms with Crippen molar-refractivity contribution in [3.05, 3.63) is 122 Å². The van der Waals surface area contributed by atoms with Crippen molar-refractivity contribution in [1.29, 1.82) is 0 Å². The van der Waals surface area contributed by atoms with Gasteiger partial charge in [-0.1, -0.05) is 24.3 Å². The van der Waals surface area contributed by atoms with E-state index in [1.807, 2.05) is 72.8 Å². The first-order chi connectivity index (χ1) is 17.9. The van der Waals surface area contributed by atoms with Crippen molar-refractivity contribution in [3.63, 3.8) is 0 Å². The van der Waals surface area contributed by atoms with Gasteiger partial charge in [-0.25, -0.2) is 0 Å². The van der Waals surface area contributed by atoms with Crippen LogP contribution in [0.1, 0.15) is 0 Å². The van der Waals surface area contributed by atoms with E-state index in [0.717, 1.165) is 56.3 Å². The fraction of sp³-hybridized carbons (Fsp3) is 0. The first kappa shape index (κ1) is 21.4. The maximum Gasteiger partial charge on any atom is 0.0892 e. The number of pyridine rings is 4. The predicted molar refractivity (Wildman–Crippen MR) is 140 cm³/mol. The zero-order valence-corrected chi connectivity index (χ0v) is 19.2. The summed E-state index contributed by atoms with van der Waals surface area (Å²) in [4.78, 5) is 28.0. The maximum absolute atomic E-state index is 4.78. The number of hydrogen-bond acceptors (Lipinski definition) is 6. The number of benzene rings is 1. The Morgan fingerprint density at radius 3 is 1.25 bits per heavy atom. The minimum atomic E-state index is 0.736. The number of aromatic nitrogens is 6. The molecule has 0 spiro atoms. The van der Waals surface area contributed by atoms with Crippen molar-refractivity contribution in [2.75, 3.05) is 0 Å². The quantitative estimate of drug-likeness (QED) is 0.294. The van der Waals surface area contributed by atoms with E-state index < -0.39 is 0 Å². The first-order valence-corrected chi connectivity index (χ1v) is 11.5. The molecule has 0 aliphatic rings. The first-order valence-electron chi connectivity index (χ1n) is 11.5. The molecule has 170 valence electrons. The van der Waals surface area contributed by atoms with Crippen molar-refractivity contribution >= 4 is 0 Å². The van der Waals surface area contributed by atoms with Gasteiger partial charge in [0.05, 0.1) is 34.7 Å². The van der Waals surface area contributed by atoms with Crippen LogP contribution in [0.3, 0.4) is 0 Å². The number of hydrogen-bond donors (Lipinski definition) is 0. The summed E-state index contributed by atoms with van der Waals surface area (Å²) in [6.45, 7) is 0. The van der Waals surface area contributed by atoms with E-state index in [1.165, 1.54) is 0 Å². The molecular weight excluding hydrogens is 444 g/mol. The summed E-state index contributed by atoms with van der Waals surface area (Å²) in [5.41, 5.74) is 8.58. The van der Waals surface area contributed by atoms with Crippen LogP contribution in [0.4, 0.5) is 0 Å². The third kappa shape index (κ3) is 4.01. The zero-order chi connectivity index (χ0) is 24.2. The second kappa shape index (κ2) is 9.64. The molecule has 0 amide bonds. The lowest BCUT2D eigenvalue weighted by atomic mass is 9.84. The van der Waals surface area contributed by atoms with Crippen LogP contribution in [-0.2, 0) is 0 Å². The van der Waals surface area contributed by atoms with Gasteiger partial charge in [0, 0.05) is 65.0 Å². The van der Waals surface area contributed by atoms with Crippen LogP contribution in [0.5, 0.6) is 0 Å². The molecule has 0 bridgehead atoms. The molecule has 0 unspecified atom stereocenters. The average molecular weight is 465 g/mol. The predicted octanol–water partition coefficient (Wildman–Crippen LogP) is 6.39. The van der Waals surface area contributed by atoms with Gasteiger partial charge in [0.1, 0.15) is 0 Å². The van der Waals surface area contributed by atoms with Crippen molar-refractivity contribution in [3.8, 4) is 56.3 Å². The van der Waals surface area contributed by atoms with Gasteiger partial charge in [0.2, 0.25) is 0 Å². The maximum atomic E-state index is 4.78. The summed E-state index contributed by atoms with van der Waals surface area (Å²) in [7, 11) is 0. The molecule has 0 saturated heterocycles. The molecule has 6 aromatic rings. The molecule has 1 aromatic carbocycles. The van der Waals surface area contributed by atoms with Crippen molar-refractivity contribution in [2.24, 2.45) is 0 Å². The summed E-state index contributed by atoms with van der Waals surface area (Å²) >= 11 is 0. The highest BCUT2D eigenvalue weighted by molar-refractivity contribution is 6.04. The Morgan fingerprint density at radius 2 is 0.806 bits per heavy atom. The smallest absolute Gasteiger partial charge is 0.0892 e. The highest BCUT2D eigenvalue weighted by Crippen LogP contribution is 2.48. The Bertz CT molecular complexity index is 1490. The lowest BCUT2D eigenvalue weighted by molar-refractivity contribution is 1.20. The molecule has 6 nitrogen and oxygen atoms in total. The lowest BCUT2D eigenvalue weighted by Gasteiger charge is -2.22. The van der Waals surface area contributed by atoms with Gasteiger partial charge in [0.25, 0.3) is 0 Å². The van der Waals surface area contributed by atoms with Crippen LogP contribution in [0.2, 0.25) is 0 Å². The highest BCUT2D eigenvalue weighted by Gasteiger charge is 2.26. The molecule has 0 atom stereocenters. The Balaban J connectivity index is 1.84. The van der Waals surface area contributed by atoms with E-state index in [0.29, 0.717) is 0 Å². The molecule has 0 N–H and O–H groups in total. The monoisotopic (exact) mass is 464 g/mol. The normalized spacial score (nSPS) is 10.8. The minimum absolute atomic E-state index is 0.736. The van der Waals surface area contributed by atoms with E-state index >= 15 is 0 Å². The Labute approximate surface area is 208 Å². The largest absolute Gasteiger partial charge is 0.261 e. The van der Waals surface area contributed by atoms with Crippen LogP contribution in [0, 0.1) is 0 Å². The summed E-state index contributed by atoms with van der Waals surface area (Å²) in [5.74, 6) is 0. The van der Waals surface area contributed by atoms with Gasteiger partial charge in [-0.2, -0.15) is 0 Å². The van der Waals surface area contributed by atoms with Crippen LogP contribution in [0.25, 0.3) is 56.3 Å². The van der Waals surface area contributed by atoms with E-state index in [-0.39, 0.29) is 0 Å². The molecule has 0 aliphatic heterocycles. The molecule has 5 aromatic heterocycles. The van der Waals surface area contributed by atoms with Gasteiger partial charge in [-0.15, -0.1) is 0 Å². The fourth-order valence-corrected chi connectivity index (χ4v) is 4.37. The van der Waals surface area contributed by atoms with Crippen LogP contribution < -0.4 is 0 Å². The van der Waals surface area contributed by atoms with E-state index in [1.54, 1.807) is 43.4 Å². The van der Waals surface area contributed by atoms with Gasteiger partial charge >= 0.3 is 0 Å². The van der Waals surface area contributed by atoms with Crippen molar-refractivity contribution in [1.82, 2.24) is 29.9 Å². The Morgan fingerprint density at radius 1 is 0.361 bits per heavy atom. The molecule has 6 rings (SSSR count). The second-order valence-corrected chi connectivity index (χ2v) is 8.05. The summed E-state index contributed by atoms with van der Waals surface area (Å²) in [6, 6.07) is 25.7. The third-order valence-corrected chi connectivity index (χ3v) is 5.87. The summed E-state index contributed by atoms with van der Waals surface area (Å²) < 4.78 is 0. The topological polar surface area (TPSA) is 77.3 Å². The highest BCUT2D eigenvalue weighted by atomic mass is 14.8. The van der Waals surface area contributed by atoms with Gasteiger partial charge in [0.15, 0.2) is 0 Å². The average Bonchev–Trinajstić information content (AvgIpc) is 2.98. The van der Waals surface area contributed by atoms with Crippen LogP contribution in [-0.4, -0.2) is 29.9 Å². The third-order valence-electron chi connectivity index (χ3n) is 5.87. The van der Waals surface area contributed by atoms with E-state index in [4.69, 9.17) is 19.9 Å². The fourth-order valence-electron chi connectivity index (χ4n) is 4.37. The molecule has 0 aliphatic carbocycles. The van der Waals surface area contributed by atoms with E-state index in [2.05, 4.69) is 16.0 Å². The lowest BCUT2D eigenvalue weighted by Crippen LogP contribution is -2.01. The molecular formula is C30H20N6. The second-order valence-electron chi connectivity index (χ2n) is 8.05. The van der Waals surface area contributed by atoms with Gasteiger partial charge in [-0.3, -0.25) is 29.9 Å². The van der Waals surface area contributed by atoms with Crippen LogP contribution in [0.15, 0.2) is 122 Å². The Hall–Kier alpha value is -5.10. The molecule has 0 fully saturated rings. The zero-order valence-electron chi connectivity index (χ0n) is 19.2. The summed E-state index contributed by atoms with van der Waals surface area (Å²) in [5, 5.41) is 0. The SMILES string of the molecule is c1ccc(-c2cc(-c3cnccn3)c(-c3ccccn3)c(-c3ccccn3)c2-c2ccccn2)nc1. The van der Waals surface area contributed by atoms with Crippen molar-refractivity contribution < 1.29 is 0 Å². The molecule has 0 radical (unpaired) electrons. The van der Waals surface area contributed by atoms with Crippen LogP contribution >= 0.6 is 0 Å². The molecule has 6 heteroatoms. The van der Waals surface area contributed by atoms with Gasteiger partial charge in [-0.05, 0) is 54.6 Å².